The van der Waals surface area contributed by atoms with Crippen LogP contribution in [0.4, 0.5) is 0 Å². The first-order chi connectivity index (χ1) is 7.74. The van der Waals surface area contributed by atoms with Crippen molar-refractivity contribution in [2.75, 3.05) is 20.2 Å². The number of hydrogen-bond acceptors (Lipinski definition) is 2. The van der Waals surface area contributed by atoms with Crippen LogP contribution in [-0.4, -0.2) is 20.2 Å². The minimum atomic E-state index is 0.545. The number of likely N-dealkylation sites (N-methyl/N-ethyl adjacent to an activating group) is 1. The van der Waals surface area contributed by atoms with Gasteiger partial charge in [0, 0.05) is 6.54 Å². The van der Waals surface area contributed by atoms with E-state index in [1.165, 1.54) is 5.56 Å². The Morgan fingerprint density at radius 2 is 2.12 bits per heavy atom. The lowest BCUT2D eigenvalue weighted by Gasteiger charge is -2.08. The van der Waals surface area contributed by atoms with Gasteiger partial charge in [-0.25, -0.2) is 0 Å². The van der Waals surface area contributed by atoms with Gasteiger partial charge in [0.1, 0.15) is 12.4 Å². The first kappa shape index (κ1) is 12.8. The quantitative estimate of drug-likeness (QED) is 0.743. The van der Waals surface area contributed by atoms with E-state index in [4.69, 9.17) is 4.74 Å². The van der Waals surface area contributed by atoms with E-state index in [9.17, 15) is 0 Å². The molecule has 0 radical (unpaired) electrons. The van der Waals surface area contributed by atoms with Crippen molar-refractivity contribution < 1.29 is 4.74 Å². The van der Waals surface area contributed by atoms with Gasteiger partial charge in [-0.05, 0) is 30.7 Å². The smallest absolute Gasteiger partial charge is 0.120 e. The molecule has 0 saturated heterocycles. The lowest BCUT2D eigenvalue weighted by Crippen LogP contribution is -2.04. The van der Waals surface area contributed by atoms with E-state index >= 15 is 0 Å². The molecule has 88 valence electrons. The summed E-state index contributed by atoms with van der Waals surface area (Å²) in [5, 5.41) is 3.05. The third kappa shape index (κ3) is 4.49. The molecule has 0 aliphatic rings. The van der Waals surface area contributed by atoms with Crippen LogP contribution in [-0.2, 0) is 0 Å². The molecule has 2 nitrogen and oxygen atoms in total. The SMILES string of the molecule is CNCC=CCOc1cccc(C(C)C)c1. The van der Waals surface area contributed by atoms with Gasteiger partial charge in [-0.1, -0.05) is 38.1 Å². The second-order valence-electron chi connectivity index (χ2n) is 4.07. The molecule has 1 rings (SSSR count). The fourth-order valence-electron chi connectivity index (χ4n) is 1.38. The van der Waals surface area contributed by atoms with Crippen molar-refractivity contribution >= 4 is 0 Å². The molecular weight excluding hydrogens is 198 g/mol. The number of rotatable bonds is 6. The van der Waals surface area contributed by atoms with E-state index < -0.39 is 0 Å². The minimum Gasteiger partial charge on any atom is -0.490 e. The standard InChI is InChI=1S/C14H21NO/c1-12(2)13-7-6-8-14(11-13)16-10-5-4-9-15-3/h4-8,11-12,15H,9-10H2,1-3H3. The molecule has 0 aliphatic heterocycles. The van der Waals surface area contributed by atoms with Crippen molar-refractivity contribution in [2.24, 2.45) is 0 Å². The van der Waals surface area contributed by atoms with E-state index in [-0.39, 0.29) is 0 Å². The van der Waals surface area contributed by atoms with Gasteiger partial charge in [-0.15, -0.1) is 0 Å². The highest BCUT2D eigenvalue weighted by Crippen LogP contribution is 2.19. The van der Waals surface area contributed by atoms with E-state index in [0.717, 1.165) is 12.3 Å². The van der Waals surface area contributed by atoms with Crippen LogP contribution in [0.3, 0.4) is 0 Å². The summed E-state index contributed by atoms with van der Waals surface area (Å²) in [5.74, 6) is 1.49. The van der Waals surface area contributed by atoms with Crippen LogP contribution in [0.15, 0.2) is 36.4 Å². The fraction of sp³-hybridized carbons (Fsp3) is 0.429. The first-order valence-corrected chi connectivity index (χ1v) is 5.76. The predicted octanol–water partition coefficient (Wildman–Crippen LogP) is 2.96. The average Bonchev–Trinajstić information content (AvgIpc) is 2.29. The zero-order valence-electron chi connectivity index (χ0n) is 10.4. The maximum atomic E-state index is 5.63. The Kier molecular flexibility index (Phi) is 5.65. The van der Waals surface area contributed by atoms with Crippen LogP contribution in [0.25, 0.3) is 0 Å². The van der Waals surface area contributed by atoms with Crippen molar-refractivity contribution in [3.8, 4) is 5.75 Å². The Bertz CT molecular complexity index is 331. The summed E-state index contributed by atoms with van der Waals surface area (Å²) in [6.45, 7) is 5.89. The van der Waals surface area contributed by atoms with Crippen LogP contribution >= 0.6 is 0 Å². The monoisotopic (exact) mass is 219 g/mol. The summed E-state index contributed by atoms with van der Waals surface area (Å²) in [6, 6.07) is 8.28. The molecule has 0 amide bonds. The van der Waals surface area contributed by atoms with Gasteiger partial charge in [-0.3, -0.25) is 0 Å². The highest BCUT2D eigenvalue weighted by Gasteiger charge is 1.99. The van der Waals surface area contributed by atoms with Gasteiger partial charge in [0.25, 0.3) is 0 Å². The van der Waals surface area contributed by atoms with Crippen molar-refractivity contribution in [3.05, 3.63) is 42.0 Å². The lowest BCUT2D eigenvalue weighted by molar-refractivity contribution is 0.362. The first-order valence-electron chi connectivity index (χ1n) is 5.76. The largest absolute Gasteiger partial charge is 0.490 e. The van der Waals surface area contributed by atoms with E-state index in [0.29, 0.717) is 12.5 Å². The lowest BCUT2D eigenvalue weighted by atomic mass is 10.0. The Labute approximate surface area is 98.3 Å². The summed E-state index contributed by atoms with van der Waals surface area (Å²) in [4.78, 5) is 0. The van der Waals surface area contributed by atoms with Crippen LogP contribution in [0.1, 0.15) is 25.3 Å². The average molecular weight is 219 g/mol. The van der Waals surface area contributed by atoms with E-state index in [1.807, 2.05) is 25.3 Å². The summed E-state index contributed by atoms with van der Waals surface area (Å²) in [7, 11) is 1.93. The molecule has 0 heterocycles. The molecule has 16 heavy (non-hydrogen) atoms. The molecule has 0 bridgehead atoms. The maximum Gasteiger partial charge on any atom is 0.120 e. The number of ether oxygens (including phenoxy) is 1. The zero-order chi connectivity index (χ0) is 11.8. The molecule has 0 unspecified atom stereocenters. The molecule has 0 aliphatic carbocycles. The van der Waals surface area contributed by atoms with Crippen LogP contribution in [0, 0.1) is 0 Å². The second kappa shape index (κ2) is 7.07. The van der Waals surface area contributed by atoms with Gasteiger partial charge >= 0.3 is 0 Å². The molecule has 0 atom stereocenters. The highest BCUT2D eigenvalue weighted by atomic mass is 16.5. The fourth-order valence-corrected chi connectivity index (χ4v) is 1.38. The van der Waals surface area contributed by atoms with E-state index in [1.54, 1.807) is 0 Å². The van der Waals surface area contributed by atoms with Crippen LogP contribution in [0.2, 0.25) is 0 Å². The van der Waals surface area contributed by atoms with Crippen molar-refractivity contribution in [1.82, 2.24) is 5.32 Å². The maximum absolute atomic E-state index is 5.63. The molecule has 0 aromatic heterocycles. The zero-order valence-corrected chi connectivity index (χ0v) is 10.4. The Morgan fingerprint density at radius 3 is 2.81 bits per heavy atom. The third-order valence-corrected chi connectivity index (χ3v) is 2.36. The molecule has 0 spiro atoms. The Morgan fingerprint density at radius 1 is 1.31 bits per heavy atom. The molecule has 1 aromatic carbocycles. The van der Waals surface area contributed by atoms with Crippen molar-refractivity contribution in [2.45, 2.75) is 19.8 Å². The second-order valence-corrected chi connectivity index (χ2v) is 4.07. The van der Waals surface area contributed by atoms with Gasteiger partial charge in [0.15, 0.2) is 0 Å². The van der Waals surface area contributed by atoms with Gasteiger partial charge in [-0.2, -0.15) is 0 Å². The Hall–Kier alpha value is -1.28. The summed E-state index contributed by atoms with van der Waals surface area (Å²) < 4.78 is 5.63. The van der Waals surface area contributed by atoms with Crippen molar-refractivity contribution in [3.63, 3.8) is 0 Å². The van der Waals surface area contributed by atoms with Crippen LogP contribution in [0.5, 0.6) is 5.75 Å². The highest BCUT2D eigenvalue weighted by molar-refractivity contribution is 5.30. The number of hydrogen-bond donors (Lipinski definition) is 1. The predicted molar refractivity (Wildman–Crippen MR) is 69.1 cm³/mol. The molecule has 1 aromatic rings. The number of nitrogens with one attached hydrogen (secondary N) is 1. The molecule has 0 fully saturated rings. The van der Waals surface area contributed by atoms with Gasteiger partial charge < -0.3 is 10.1 Å². The minimum absolute atomic E-state index is 0.545. The molecule has 0 saturated carbocycles. The summed E-state index contributed by atoms with van der Waals surface area (Å²) in [6.07, 6.45) is 4.09. The number of benzene rings is 1. The molecule has 2 heteroatoms. The van der Waals surface area contributed by atoms with E-state index in [2.05, 4.69) is 37.4 Å². The van der Waals surface area contributed by atoms with Gasteiger partial charge in [0.05, 0.1) is 0 Å². The Balaban J connectivity index is 2.45. The third-order valence-electron chi connectivity index (χ3n) is 2.36. The molecule has 1 N–H and O–H groups in total. The normalized spacial score (nSPS) is 11.2. The topological polar surface area (TPSA) is 21.3 Å². The summed E-state index contributed by atoms with van der Waals surface area (Å²) in [5.41, 5.74) is 1.32. The molecular formula is C14H21NO. The van der Waals surface area contributed by atoms with Crippen molar-refractivity contribution in [1.29, 1.82) is 0 Å². The van der Waals surface area contributed by atoms with Gasteiger partial charge in [0.2, 0.25) is 0 Å². The summed E-state index contributed by atoms with van der Waals surface area (Å²) >= 11 is 0. The van der Waals surface area contributed by atoms with Crippen LogP contribution < -0.4 is 10.1 Å².